The third kappa shape index (κ3) is 3.76. The van der Waals surface area contributed by atoms with Crippen molar-refractivity contribution in [3.63, 3.8) is 0 Å². The summed E-state index contributed by atoms with van der Waals surface area (Å²) in [6, 6.07) is 32.5. The van der Waals surface area contributed by atoms with Crippen molar-refractivity contribution in [3.8, 4) is 5.69 Å². The molecule has 1 heterocycles. The monoisotopic (exact) mass is 437 g/mol. The summed E-state index contributed by atoms with van der Waals surface area (Å²) in [6.45, 7) is 2.63. The Morgan fingerprint density at radius 2 is 1.59 bits per heavy atom. The Bertz CT molecular complexity index is 1390. The maximum Gasteiger partial charge on any atom is 0.237 e. The summed E-state index contributed by atoms with van der Waals surface area (Å²) in [5, 5.41) is 3.04. The van der Waals surface area contributed by atoms with Crippen LogP contribution in [0.5, 0.6) is 0 Å². The van der Waals surface area contributed by atoms with Crippen molar-refractivity contribution >= 4 is 45.2 Å². The summed E-state index contributed by atoms with van der Waals surface area (Å²) in [5.41, 5.74) is 3.95. The van der Waals surface area contributed by atoms with Crippen molar-refractivity contribution in [2.45, 2.75) is 12.1 Å². The molecule has 5 heteroatoms. The molecule has 1 aromatic heterocycles. The van der Waals surface area contributed by atoms with Crippen LogP contribution in [0.2, 0.25) is 0 Å². The minimum Gasteiger partial charge on any atom is -0.311 e. The van der Waals surface area contributed by atoms with E-state index in [2.05, 4.69) is 41.0 Å². The zero-order valence-electron chi connectivity index (χ0n) is 17.8. The molecule has 0 aliphatic rings. The lowest BCUT2D eigenvalue weighted by atomic mass is 10.1. The van der Waals surface area contributed by atoms with Crippen molar-refractivity contribution in [3.05, 3.63) is 97.1 Å². The SMILES string of the molecule is CCN(C(=O)CSc1nc2ccccc2n1-c1ccccc1)c1cccc2ccccc12. The minimum absolute atomic E-state index is 0.0699. The Labute approximate surface area is 191 Å². The second kappa shape index (κ2) is 8.89. The third-order valence-electron chi connectivity index (χ3n) is 5.54. The lowest BCUT2D eigenvalue weighted by Gasteiger charge is -2.22. The van der Waals surface area contributed by atoms with Gasteiger partial charge in [-0.05, 0) is 42.6 Å². The number of amides is 1. The summed E-state index contributed by atoms with van der Waals surface area (Å²) in [4.78, 5) is 20.0. The van der Waals surface area contributed by atoms with E-state index in [1.807, 2.05) is 72.5 Å². The average molecular weight is 438 g/mol. The normalized spacial score (nSPS) is 11.2. The number of hydrogen-bond acceptors (Lipinski definition) is 3. The molecule has 4 nitrogen and oxygen atoms in total. The first kappa shape index (κ1) is 20.3. The number of anilines is 1. The van der Waals surface area contributed by atoms with E-state index in [1.165, 1.54) is 11.8 Å². The van der Waals surface area contributed by atoms with Crippen molar-refractivity contribution in [1.82, 2.24) is 9.55 Å². The van der Waals surface area contributed by atoms with Crippen molar-refractivity contribution in [2.75, 3.05) is 17.2 Å². The molecule has 5 aromatic rings. The number of carbonyl (C=O) groups is 1. The molecule has 0 aliphatic carbocycles. The van der Waals surface area contributed by atoms with Gasteiger partial charge in [0, 0.05) is 17.6 Å². The second-order valence-corrected chi connectivity index (χ2v) is 8.42. The first-order valence-corrected chi connectivity index (χ1v) is 11.7. The largest absolute Gasteiger partial charge is 0.311 e. The van der Waals surface area contributed by atoms with Gasteiger partial charge in [-0.2, -0.15) is 0 Å². The molecular weight excluding hydrogens is 414 g/mol. The molecule has 0 saturated carbocycles. The second-order valence-electron chi connectivity index (χ2n) is 7.48. The number of para-hydroxylation sites is 3. The van der Waals surface area contributed by atoms with Gasteiger partial charge in [0.2, 0.25) is 5.91 Å². The fraction of sp³-hybridized carbons (Fsp3) is 0.111. The highest BCUT2D eigenvalue weighted by Gasteiger charge is 2.19. The van der Waals surface area contributed by atoms with E-state index < -0.39 is 0 Å². The van der Waals surface area contributed by atoms with E-state index in [1.54, 1.807) is 0 Å². The molecule has 158 valence electrons. The number of carbonyl (C=O) groups excluding carboxylic acids is 1. The molecule has 0 saturated heterocycles. The van der Waals surface area contributed by atoms with Gasteiger partial charge in [-0.1, -0.05) is 78.5 Å². The van der Waals surface area contributed by atoms with Crippen LogP contribution < -0.4 is 4.90 Å². The van der Waals surface area contributed by atoms with Crippen molar-refractivity contribution < 1.29 is 4.79 Å². The summed E-state index contributed by atoms with van der Waals surface area (Å²) < 4.78 is 2.13. The smallest absolute Gasteiger partial charge is 0.237 e. The molecule has 32 heavy (non-hydrogen) atoms. The molecule has 0 aliphatic heterocycles. The lowest BCUT2D eigenvalue weighted by molar-refractivity contribution is -0.116. The topological polar surface area (TPSA) is 38.1 Å². The Morgan fingerprint density at radius 1 is 0.875 bits per heavy atom. The number of imidazole rings is 1. The fourth-order valence-electron chi connectivity index (χ4n) is 4.06. The van der Waals surface area contributed by atoms with Crippen molar-refractivity contribution in [1.29, 1.82) is 0 Å². The predicted octanol–water partition coefficient (Wildman–Crippen LogP) is 6.32. The molecule has 4 aromatic carbocycles. The Morgan fingerprint density at radius 3 is 2.44 bits per heavy atom. The Hall–Kier alpha value is -3.57. The number of hydrogen-bond donors (Lipinski definition) is 0. The van der Waals surface area contributed by atoms with E-state index in [4.69, 9.17) is 4.98 Å². The molecule has 0 atom stereocenters. The maximum absolute atomic E-state index is 13.3. The predicted molar refractivity (Wildman–Crippen MR) is 134 cm³/mol. The number of thioether (sulfide) groups is 1. The molecule has 0 N–H and O–H groups in total. The quantitative estimate of drug-likeness (QED) is 0.292. The number of rotatable bonds is 6. The van der Waals surface area contributed by atoms with Crippen LogP contribution in [-0.4, -0.2) is 27.8 Å². The highest BCUT2D eigenvalue weighted by Crippen LogP contribution is 2.30. The van der Waals surface area contributed by atoms with Crippen LogP contribution in [0.4, 0.5) is 5.69 Å². The highest BCUT2D eigenvalue weighted by molar-refractivity contribution is 7.99. The molecule has 0 radical (unpaired) electrons. The van der Waals surface area contributed by atoms with Gasteiger partial charge in [-0.15, -0.1) is 0 Å². The summed E-state index contributed by atoms with van der Waals surface area (Å²) in [5.74, 6) is 0.383. The van der Waals surface area contributed by atoms with Crippen LogP contribution in [0.3, 0.4) is 0 Å². The van der Waals surface area contributed by atoms with E-state index in [-0.39, 0.29) is 5.91 Å². The number of aromatic nitrogens is 2. The molecule has 1 amide bonds. The van der Waals surface area contributed by atoms with Crippen LogP contribution in [0, 0.1) is 0 Å². The number of fused-ring (bicyclic) bond motifs is 2. The van der Waals surface area contributed by atoms with Gasteiger partial charge in [0.15, 0.2) is 5.16 Å². The zero-order valence-corrected chi connectivity index (χ0v) is 18.6. The van der Waals surface area contributed by atoms with Crippen LogP contribution in [-0.2, 0) is 4.79 Å². The molecule has 0 spiro atoms. The van der Waals surface area contributed by atoms with Crippen LogP contribution >= 0.6 is 11.8 Å². The van der Waals surface area contributed by atoms with Crippen molar-refractivity contribution in [2.24, 2.45) is 0 Å². The summed E-state index contributed by atoms with van der Waals surface area (Å²) >= 11 is 1.48. The number of nitrogens with zero attached hydrogens (tertiary/aromatic N) is 3. The molecule has 0 bridgehead atoms. The molecular formula is C27H23N3OS. The highest BCUT2D eigenvalue weighted by atomic mass is 32.2. The Balaban J connectivity index is 1.46. The molecule has 5 rings (SSSR count). The van der Waals surface area contributed by atoms with Gasteiger partial charge in [-0.3, -0.25) is 9.36 Å². The van der Waals surface area contributed by atoms with Crippen LogP contribution in [0.15, 0.2) is 102 Å². The third-order valence-corrected chi connectivity index (χ3v) is 6.47. The van der Waals surface area contributed by atoms with E-state index >= 15 is 0 Å². The summed E-state index contributed by atoms with van der Waals surface area (Å²) in [6.07, 6.45) is 0. The van der Waals surface area contributed by atoms with Gasteiger partial charge in [0.25, 0.3) is 0 Å². The van der Waals surface area contributed by atoms with Crippen LogP contribution in [0.25, 0.3) is 27.5 Å². The molecule has 0 fully saturated rings. The van der Waals surface area contributed by atoms with Gasteiger partial charge >= 0.3 is 0 Å². The number of benzene rings is 4. The van der Waals surface area contributed by atoms with E-state index in [9.17, 15) is 4.79 Å². The van der Waals surface area contributed by atoms with Gasteiger partial charge < -0.3 is 4.90 Å². The first-order chi connectivity index (χ1) is 15.8. The average Bonchev–Trinajstić information content (AvgIpc) is 3.22. The lowest BCUT2D eigenvalue weighted by Crippen LogP contribution is -2.32. The Kier molecular flexibility index (Phi) is 5.65. The minimum atomic E-state index is 0.0699. The molecule has 0 unspecified atom stereocenters. The van der Waals surface area contributed by atoms with E-state index in [0.717, 1.165) is 38.3 Å². The van der Waals surface area contributed by atoms with Gasteiger partial charge in [0.1, 0.15) is 0 Å². The van der Waals surface area contributed by atoms with Gasteiger partial charge in [-0.25, -0.2) is 4.98 Å². The van der Waals surface area contributed by atoms with Gasteiger partial charge in [0.05, 0.1) is 22.5 Å². The first-order valence-electron chi connectivity index (χ1n) is 10.7. The summed E-state index contributed by atoms with van der Waals surface area (Å²) in [7, 11) is 0. The van der Waals surface area contributed by atoms with Crippen LogP contribution in [0.1, 0.15) is 6.92 Å². The fourth-order valence-corrected chi connectivity index (χ4v) is 4.96. The standard InChI is InChI=1S/C27H23N3OS/c1-2-29(24-18-10-12-20-11-6-7-15-22(20)24)26(31)19-32-27-28-23-16-8-9-17-25(23)30(27)21-13-4-3-5-14-21/h3-18H,2,19H2,1H3. The maximum atomic E-state index is 13.3. The zero-order chi connectivity index (χ0) is 21.9. The van der Waals surface area contributed by atoms with E-state index in [0.29, 0.717) is 12.3 Å².